The lowest BCUT2D eigenvalue weighted by atomic mass is 9.84. The number of sulfone groups is 1. The quantitative estimate of drug-likeness (QED) is 0.812. The van der Waals surface area contributed by atoms with Crippen LogP contribution in [0.4, 0.5) is 5.82 Å². The minimum atomic E-state index is -3.36. The van der Waals surface area contributed by atoms with Crippen molar-refractivity contribution in [3.63, 3.8) is 0 Å². The molecule has 0 radical (unpaired) electrons. The molecule has 0 spiro atoms. The van der Waals surface area contributed by atoms with Gasteiger partial charge in [-0.15, -0.1) is 6.58 Å². The monoisotopic (exact) mass is 361 g/mol. The number of hydrogen-bond donors (Lipinski definition) is 1. The number of hydrogen-bond acceptors (Lipinski definition) is 6. The number of carboxylic acid groups (broad SMARTS) is 1. The first-order chi connectivity index (χ1) is 11.8. The maximum atomic E-state index is 11.8. The fourth-order valence-corrected chi connectivity index (χ4v) is 3.91. The molecule has 1 aromatic carbocycles. The summed E-state index contributed by atoms with van der Waals surface area (Å²) in [5, 5.41) is 10.2. The average Bonchev–Trinajstić information content (AvgIpc) is 2.99. The van der Waals surface area contributed by atoms with E-state index in [9.17, 15) is 18.3 Å². The number of aromatic nitrogens is 2. The average molecular weight is 361 g/mol. The van der Waals surface area contributed by atoms with Crippen LogP contribution in [0.1, 0.15) is 12.8 Å². The molecule has 1 saturated heterocycles. The molecule has 0 bridgehead atoms. The molecule has 25 heavy (non-hydrogen) atoms. The van der Waals surface area contributed by atoms with Gasteiger partial charge in [0, 0.05) is 24.7 Å². The number of nitrogens with zero attached hydrogens (tertiary/aromatic N) is 3. The second-order valence-electron chi connectivity index (χ2n) is 6.40. The molecule has 132 valence electrons. The second-order valence-corrected chi connectivity index (χ2v) is 8.41. The third-order valence-corrected chi connectivity index (χ3v) is 5.77. The zero-order chi connectivity index (χ0) is 18.2. The highest BCUT2D eigenvalue weighted by Gasteiger charge is 2.44. The predicted octanol–water partition coefficient (Wildman–Crippen LogP) is 1.89. The van der Waals surface area contributed by atoms with Crippen LogP contribution in [-0.4, -0.2) is 48.8 Å². The lowest BCUT2D eigenvalue weighted by Crippen LogP contribution is -2.34. The summed E-state index contributed by atoms with van der Waals surface area (Å²) in [7, 11) is -3.36. The molecule has 1 unspecified atom stereocenters. The summed E-state index contributed by atoms with van der Waals surface area (Å²) < 4.78 is 23.7. The van der Waals surface area contributed by atoms with Gasteiger partial charge in [-0.2, -0.15) is 0 Å². The van der Waals surface area contributed by atoms with Crippen molar-refractivity contribution in [3.05, 3.63) is 37.2 Å². The number of allylic oxidation sites excluding steroid dienone is 1. The molecule has 1 atom stereocenters. The van der Waals surface area contributed by atoms with Crippen molar-refractivity contribution in [1.29, 1.82) is 0 Å². The Morgan fingerprint density at radius 2 is 2.20 bits per heavy atom. The van der Waals surface area contributed by atoms with Crippen LogP contribution in [-0.2, 0) is 14.6 Å². The van der Waals surface area contributed by atoms with Crippen LogP contribution in [0.5, 0.6) is 0 Å². The highest BCUT2D eigenvalue weighted by molar-refractivity contribution is 7.90. The van der Waals surface area contributed by atoms with Gasteiger partial charge in [0.25, 0.3) is 0 Å². The smallest absolute Gasteiger partial charge is 0.311 e. The lowest BCUT2D eigenvalue weighted by molar-refractivity contribution is -0.147. The predicted molar refractivity (Wildman–Crippen MR) is 94.4 cm³/mol. The SMILES string of the molecule is C=CCC1(C(=O)O)CCN(c2ncnc3ccc(S(C)(=O)=O)cc23)C1. The van der Waals surface area contributed by atoms with Crippen molar-refractivity contribution in [2.75, 3.05) is 24.2 Å². The van der Waals surface area contributed by atoms with E-state index in [1.54, 1.807) is 18.2 Å². The van der Waals surface area contributed by atoms with E-state index >= 15 is 0 Å². The number of anilines is 1. The summed E-state index contributed by atoms with van der Waals surface area (Å²) >= 11 is 0. The molecular weight excluding hydrogens is 342 g/mol. The van der Waals surface area contributed by atoms with Crippen LogP contribution in [0.25, 0.3) is 10.9 Å². The zero-order valence-electron chi connectivity index (χ0n) is 13.8. The van der Waals surface area contributed by atoms with Crippen molar-refractivity contribution in [2.45, 2.75) is 17.7 Å². The van der Waals surface area contributed by atoms with E-state index in [4.69, 9.17) is 0 Å². The molecule has 1 aliphatic rings. The Kier molecular flexibility index (Phi) is 4.24. The number of fused-ring (bicyclic) bond motifs is 1. The first-order valence-electron chi connectivity index (χ1n) is 7.81. The molecule has 0 aliphatic carbocycles. The Bertz CT molecular complexity index is 958. The van der Waals surface area contributed by atoms with Gasteiger partial charge in [-0.3, -0.25) is 4.79 Å². The number of benzene rings is 1. The summed E-state index contributed by atoms with van der Waals surface area (Å²) in [5.41, 5.74) is -0.276. The Morgan fingerprint density at radius 3 is 2.84 bits per heavy atom. The molecule has 8 heteroatoms. The second kappa shape index (κ2) is 6.11. The molecule has 2 aromatic rings. The van der Waals surface area contributed by atoms with Gasteiger partial charge in [-0.1, -0.05) is 6.08 Å². The Hall–Kier alpha value is -2.48. The summed E-state index contributed by atoms with van der Waals surface area (Å²) in [5.74, 6) is -0.298. The van der Waals surface area contributed by atoms with Crippen LogP contribution >= 0.6 is 0 Å². The van der Waals surface area contributed by atoms with Crippen LogP contribution < -0.4 is 4.90 Å². The van der Waals surface area contributed by atoms with E-state index in [-0.39, 0.29) is 4.90 Å². The van der Waals surface area contributed by atoms with Gasteiger partial charge in [0.15, 0.2) is 9.84 Å². The number of carboxylic acids is 1. The molecule has 0 amide bonds. The van der Waals surface area contributed by atoms with E-state index in [1.165, 1.54) is 12.4 Å². The maximum absolute atomic E-state index is 11.8. The van der Waals surface area contributed by atoms with Crippen LogP contribution in [0.3, 0.4) is 0 Å². The molecule has 2 heterocycles. The Labute approximate surface area is 145 Å². The first-order valence-corrected chi connectivity index (χ1v) is 9.70. The maximum Gasteiger partial charge on any atom is 0.311 e. The Balaban J connectivity index is 2.07. The molecule has 3 rings (SSSR count). The minimum absolute atomic E-state index is 0.186. The van der Waals surface area contributed by atoms with Crippen LogP contribution in [0.2, 0.25) is 0 Å². The van der Waals surface area contributed by atoms with Gasteiger partial charge in [0.2, 0.25) is 0 Å². The number of aliphatic carboxylic acids is 1. The molecule has 0 saturated carbocycles. The van der Waals surface area contributed by atoms with Crippen molar-refractivity contribution >= 4 is 32.5 Å². The fraction of sp³-hybridized carbons (Fsp3) is 0.353. The number of carbonyl (C=O) groups is 1. The highest BCUT2D eigenvalue weighted by Crippen LogP contribution is 2.38. The third-order valence-electron chi connectivity index (χ3n) is 4.66. The van der Waals surface area contributed by atoms with Crippen LogP contribution in [0, 0.1) is 5.41 Å². The minimum Gasteiger partial charge on any atom is -0.481 e. The molecule has 1 aromatic heterocycles. The summed E-state index contributed by atoms with van der Waals surface area (Å²) in [6, 6.07) is 4.70. The molecular formula is C17H19N3O4S. The summed E-state index contributed by atoms with van der Waals surface area (Å²) in [4.78, 5) is 22.3. The first kappa shape index (κ1) is 17.3. The van der Waals surface area contributed by atoms with E-state index in [0.717, 1.165) is 6.26 Å². The molecule has 7 nitrogen and oxygen atoms in total. The van der Waals surface area contributed by atoms with E-state index in [2.05, 4.69) is 16.5 Å². The van der Waals surface area contributed by atoms with Gasteiger partial charge in [0.05, 0.1) is 15.8 Å². The van der Waals surface area contributed by atoms with E-state index in [0.29, 0.717) is 42.7 Å². The van der Waals surface area contributed by atoms with E-state index < -0.39 is 21.2 Å². The fourth-order valence-electron chi connectivity index (χ4n) is 3.26. The summed E-state index contributed by atoms with van der Waals surface area (Å²) in [6.07, 6.45) is 5.03. The molecule has 1 aliphatic heterocycles. The van der Waals surface area contributed by atoms with Gasteiger partial charge in [-0.05, 0) is 31.0 Å². The summed E-state index contributed by atoms with van der Waals surface area (Å²) in [6.45, 7) is 4.48. The van der Waals surface area contributed by atoms with Crippen LogP contribution in [0.15, 0.2) is 42.1 Å². The van der Waals surface area contributed by atoms with Crippen molar-refractivity contribution in [3.8, 4) is 0 Å². The number of rotatable bonds is 5. The molecule has 1 N–H and O–H groups in total. The molecule has 1 fully saturated rings. The zero-order valence-corrected chi connectivity index (χ0v) is 14.7. The van der Waals surface area contributed by atoms with Gasteiger partial charge in [0.1, 0.15) is 12.1 Å². The lowest BCUT2D eigenvalue weighted by Gasteiger charge is -2.24. The standard InChI is InChI=1S/C17H19N3O4S/c1-3-6-17(16(21)22)7-8-20(10-17)15-13-9-12(25(2,23)24)4-5-14(13)18-11-19-15/h3-5,9,11H,1,6-8,10H2,2H3,(H,21,22). The largest absolute Gasteiger partial charge is 0.481 e. The van der Waals surface area contributed by atoms with E-state index in [1.807, 2.05) is 4.90 Å². The van der Waals surface area contributed by atoms with Gasteiger partial charge < -0.3 is 10.0 Å². The van der Waals surface area contributed by atoms with Gasteiger partial charge in [-0.25, -0.2) is 18.4 Å². The normalized spacial score (nSPS) is 20.8. The van der Waals surface area contributed by atoms with Crippen molar-refractivity contribution in [1.82, 2.24) is 9.97 Å². The van der Waals surface area contributed by atoms with Crippen molar-refractivity contribution < 1.29 is 18.3 Å². The van der Waals surface area contributed by atoms with Gasteiger partial charge >= 0.3 is 5.97 Å². The van der Waals surface area contributed by atoms with Crippen molar-refractivity contribution in [2.24, 2.45) is 5.41 Å². The topological polar surface area (TPSA) is 100 Å². The highest BCUT2D eigenvalue weighted by atomic mass is 32.2. The third kappa shape index (κ3) is 3.09. The Morgan fingerprint density at radius 1 is 1.44 bits per heavy atom.